The van der Waals surface area contributed by atoms with Gasteiger partial charge in [-0.25, -0.2) is 9.97 Å². The van der Waals surface area contributed by atoms with Crippen molar-refractivity contribution in [3.63, 3.8) is 0 Å². The molecule has 1 aliphatic heterocycles. The van der Waals surface area contributed by atoms with Crippen molar-refractivity contribution >= 4 is 46.5 Å². The summed E-state index contributed by atoms with van der Waals surface area (Å²) in [4.78, 5) is 23.5. The third-order valence-corrected chi connectivity index (χ3v) is 6.50. The Hall–Kier alpha value is -1.93. The van der Waals surface area contributed by atoms with Crippen LogP contribution in [0.2, 0.25) is 0 Å². The van der Waals surface area contributed by atoms with E-state index < -0.39 is 0 Å². The van der Waals surface area contributed by atoms with Gasteiger partial charge in [-0.2, -0.15) is 0 Å². The Balaban J connectivity index is 0.00000225. The first kappa shape index (κ1) is 20.8. The van der Waals surface area contributed by atoms with E-state index in [1.165, 1.54) is 4.88 Å². The number of carbonyl (C=O) groups is 1. The largest absolute Gasteiger partial charge is 0.317 e. The molecule has 3 aromatic rings. The van der Waals surface area contributed by atoms with Crippen molar-refractivity contribution in [2.75, 3.05) is 18.4 Å². The molecule has 5 nitrogen and oxygen atoms in total. The minimum Gasteiger partial charge on any atom is -0.317 e. The molecule has 0 aliphatic carbocycles. The second-order valence-electron chi connectivity index (χ2n) is 6.34. The van der Waals surface area contributed by atoms with E-state index in [9.17, 15) is 4.79 Å². The number of halogens is 1. The fourth-order valence-corrected chi connectivity index (χ4v) is 4.77. The molecule has 4 rings (SSSR count). The smallest absolute Gasteiger partial charge is 0.257 e. The number of aromatic nitrogens is 2. The Morgan fingerprint density at radius 1 is 1.11 bits per heavy atom. The zero-order valence-corrected chi connectivity index (χ0v) is 17.6. The van der Waals surface area contributed by atoms with Crippen LogP contribution in [0.4, 0.5) is 5.13 Å². The van der Waals surface area contributed by atoms with Gasteiger partial charge in [0.1, 0.15) is 5.03 Å². The molecular weight excluding hydrogens is 412 g/mol. The molecule has 3 heterocycles. The summed E-state index contributed by atoms with van der Waals surface area (Å²) in [6.07, 6.45) is 5.94. The summed E-state index contributed by atoms with van der Waals surface area (Å²) in [5, 5.41) is 7.89. The van der Waals surface area contributed by atoms with Crippen LogP contribution in [0, 0.1) is 0 Å². The maximum Gasteiger partial charge on any atom is 0.257 e. The summed E-state index contributed by atoms with van der Waals surface area (Å²) < 4.78 is 0. The second-order valence-corrected chi connectivity index (χ2v) is 8.50. The second kappa shape index (κ2) is 10.0. The average molecular weight is 433 g/mol. The Bertz CT molecular complexity index is 896. The molecule has 1 aliphatic rings. The molecule has 1 aromatic carbocycles. The van der Waals surface area contributed by atoms with Gasteiger partial charge < -0.3 is 5.32 Å². The third kappa shape index (κ3) is 5.32. The van der Waals surface area contributed by atoms with Crippen LogP contribution in [-0.4, -0.2) is 29.0 Å². The molecule has 2 aromatic heterocycles. The highest BCUT2D eigenvalue weighted by Gasteiger charge is 2.18. The van der Waals surface area contributed by atoms with Gasteiger partial charge >= 0.3 is 0 Å². The highest BCUT2D eigenvalue weighted by Crippen LogP contribution is 2.32. The molecule has 0 unspecified atom stereocenters. The molecule has 8 heteroatoms. The molecule has 2 N–H and O–H groups in total. The highest BCUT2D eigenvalue weighted by atomic mass is 35.5. The lowest BCUT2D eigenvalue weighted by atomic mass is 9.97. The lowest BCUT2D eigenvalue weighted by Gasteiger charge is -2.20. The first-order chi connectivity index (χ1) is 13.3. The van der Waals surface area contributed by atoms with Crippen LogP contribution in [0.5, 0.6) is 0 Å². The molecular formula is C20H21ClN4OS2. The predicted octanol–water partition coefficient (Wildman–Crippen LogP) is 4.83. The van der Waals surface area contributed by atoms with Gasteiger partial charge in [0.05, 0.1) is 0 Å². The maximum atomic E-state index is 12.5. The number of thiazole rings is 1. The molecule has 28 heavy (non-hydrogen) atoms. The van der Waals surface area contributed by atoms with Crippen LogP contribution in [-0.2, 0) is 0 Å². The van der Waals surface area contributed by atoms with Crippen LogP contribution >= 0.6 is 35.5 Å². The predicted molar refractivity (Wildman–Crippen MR) is 117 cm³/mol. The molecule has 0 atom stereocenters. The first-order valence-corrected chi connectivity index (χ1v) is 10.6. The molecule has 1 amide bonds. The van der Waals surface area contributed by atoms with Crippen molar-refractivity contribution in [1.29, 1.82) is 0 Å². The van der Waals surface area contributed by atoms with Crippen LogP contribution in [0.1, 0.15) is 34.0 Å². The van der Waals surface area contributed by atoms with Crippen molar-refractivity contribution in [3.05, 3.63) is 65.3 Å². The van der Waals surface area contributed by atoms with Crippen molar-refractivity contribution in [2.45, 2.75) is 28.7 Å². The van der Waals surface area contributed by atoms with E-state index >= 15 is 0 Å². The van der Waals surface area contributed by atoms with E-state index in [0.717, 1.165) is 35.9 Å². The van der Waals surface area contributed by atoms with Crippen molar-refractivity contribution < 1.29 is 4.79 Å². The normalized spacial score (nSPS) is 14.3. The number of hydrogen-bond acceptors (Lipinski definition) is 6. The number of carbonyl (C=O) groups excluding carboxylic acids is 1. The summed E-state index contributed by atoms with van der Waals surface area (Å²) in [6.45, 7) is 2.10. The van der Waals surface area contributed by atoms with E-state index in [4.69, 9.17) is 0 Å². The number of hydrogen-bond donors (Lipinski definition) is 2. The van der Waals surface area contributed by atoms with E-state index in [2.05, 4.69) is 20.6 Å². The SMILES string of the molecule is Cl.O=C(Nc1ncc(C2CCNCC2)s1)c1ccc(Sc2ccccn2)cc1. The fraction of sp³-hybridized carbons (Fsp3) is 0.250. The minimum absolute atomic E-state index is 0. The van der Waals surface area contributed by atoms with Crippen LogP contribution < -0.4 is 10.6 Å². The van der Waals surface area contributed by atoms with Crippen molar-refractivity contribution in [3.8, 4) is 0 Å². The summed E-state index contributed by atoms with van der Waals surface area (Å²) in [5.74, 6) is 0.424. The molecule has 0 saturated carbocycles. The van der Waals surface area contributed by atoms with Gasteiger partial charge in [-0.15, -0.1) is 23.7 Å². The topological polar surface area (TPSA) is 66.9 Å². The van der Waals surface area contributed by atoms with E-state index in [-0.39, 0.29) is 18.3 Å². The first-order valence-electron chi connectivity index (χ1n) is 8.95. The Morgan fingerprint density at radius 3 is 2.61 bits per heavy atom. The van der Waals surface area contributed by atoms with Gasteiger partial charge in [-0.3, -0.25) is 10.1 Å². The molecule has 0 bridgehead atoms. The lowest BCUT2D eigenvalue weighted by Crippen LogP contribution is -2.26. The van der Waals surface area contributed by atoms with Crippen LogP contribution in [0.25, 0.3) is 0 Å². The average Bonchev–Trinajstić information content (AvgIpc) is 3.18. The quantitative estimate of drug-likeness (QED) is 0.604. The minimum atomic E-state index is -0.129. The van der Waals surface area contributed by atoms with Gasteiger partial charge in [0, 0.05) is 27.7 Å². The van der Waals surface area contributed by atoms with Crippen LogP contribution in [0.3, 0.4) is 0 Å². The molecule has 1 fully saturated rings. The van der Waals surface area contributed by atoms with Gasteiger partial charge in [0.15, 0.2) is 5.13 Å². The van der Waals surface area contributed by atoms with E-state index in [1.807, 2.05) is 48.7 Å². The number of anilines is 1. The Kier molecular flexibility index (Phi) is 7.44. The van der Waals surface area contributed by atoms with E-state index in [0.29, 0.717) is 16.6 Å². The highest BCUT2D eigenvalue weighted by molar-refractivity contribution is 7.99. The van der Waals surface area contributed by atoms with Crippen molar-refractivity contribution in [1.82, 2.24) is 15.3 Å². The Labute approximate surface area is 178 Å². The number of nitrogens with one attached hydrogen (secondary N) is 2. The maximum absolute atomic E-state index is 12.5. The molecule has 146 valence electrons. The molecule has 0 spiro atoms. The number of nitrogens with zero attached hydrogens (tertiary/aromatic N) is 2. The summed E-state index contributed by atoms with van der Waals surface area (Å²) in [6, 6.07) is 13.4. The van der Waals surface area contributed by atoms with Gasteiger partial charge in [-0.05, 0) is 68.2 Å². The summed E-state index contributed by atoms with van der Waals surface area (Å²) >= 11 is 3.16. The standard InChI is InChI=1S/C20H20N4OS2.ClH/c25-19(24-20-23-13-17(27-20)14-8-11-21-12-9-14)15-4-6-16(7-5-15)26-18-3-1-2-10-22-18;/h1-7,10,13-14,21H,8-9,11-12H2,(H,23,24,25);1H. The summed E-state index contributed by atoms with van der Waals surface area (Å²) in [5.41, 5.74) is 0.624. The number of amides is 1. The lowest BCUT2D eigenvalue weighted by molar-refractivity contribution is 0.102. The monoisotopic (exact) mass is 432 g/mol. The van der Waals surface area contributed by atoms with Crippen molar-refractivity contribution in [2.24, 2.45) is 0 Å². The zero-order chi connectivity index (χ0) is 18.5. The Morgan fingerprint density at radius 2 is 1.89 bits per heavy atom. The van der Waals surface area contributed by atoms with Gasteiger partial charge in [0.2, 0.25) is 0 Å². The zero-order valence-electron chi connectivity index (χ0n) is 15.1. The van der Waals surface area contributed by atoms with Crippen LogP contribution in [0.15, 0.2) is 64.8 Å². The third-order valence-electron chi connectivity index (χ3n) is 4.46. The molecule has 1 saturated heterocycles. The van der Waals surface area contributed by atoms with Gasteiger partial charge in [0.25, 0.3) is 5.91 Å². The number of piperidine rings is 1. The number of benzene rings is 1. The molecule has 0 radical (unpaired) electrons. The summed E-state index contributed by atoms with van der Waals surface area (Å²) in [7, 11) is 0. The van der Waals surface area contributed by atoms with Gasteiger partial charge in [-0.1, -0.05) is 17.8 Å². The van der Waals surface area contributed by atoms with E-state index in [1.54, 1.807) is 29.3 Å². The number of pyridine rings is 1. The number of rotatable bonds is 5. The fourth-order valence-electron chi connectivity index (χ4n) is 3.01.